The first-order chi connectivity index (χ1) is 20.1. The van der Waals surface area contributed by atoms with E-state index in [2.05, 4.69) is 63.6 Å². The molecular weight excluding hydrogens is 514 g/mol. The van der Waals surface area contributed by atoms with Crippen molar-refractivity contribution in [2.75, 3.05) is 41.8 Å². The molecule has 41 heavy (non-hydrogen) atoms. The zero-order valence-corrected chi connectivity index (χ0v) is 22.4. The standard InChI is InChI=1S/C31H27N9O/c1-19-10-21(6-8-32-19)36-22-11-27-30(35-14-22)39-29(38-27)20-2-5-28(34-13-20)37-26-7-9-33-25-4-3-23(12-24(25)26)40-15-31(16-40)17-41-18-31/h2-14H,15-18H2,1H3,(H,32,36)(H,33,34,37)(H,35,38,39). The summed E-state index contributed by atoms with van der Waals surface area (Å²) < 4.78 is 5.43. The van der Waals surface area contributed by atoms with Gasteiger partial charge >= 0.3 is 0 Å². The number of H-pyrrole nitrogens is 1. The zero-order chi connectivity index (χ0) is 27.4. The molecule has 7 heterocycles. The summed E-state index contributed by atoms with van der Waals surface area (Å²) in [7, 11) is 0. The van der Waals surface area contributed by atoms with Crippen LogP contribution in [0.25, 0.3) is 33.5 Å². The highest BCUT2D eigenvalue weighted by Crippen LogP contribution is 2.41. The number of aryl methyl sites for hydroxylation is 1. The Morgan fingerprint density at radius 1 is 0.854 bits per heavy atom. The summed E-state index contributed by atoms with van der Waals surface area (Å²) in [5.74, 6) is 1.46. The lowest BCUT2D eigenvalue weighted by molar-refractivity contribution is -0.127. The van der Waals surface area contributed by atoms with Crippen LogP contribution in [0.3, 0.4) is 0 Å². The molecule has 5 aromatic heterocycles. The maximum absolute atomic E-state index is 5.43. The molecular formula is C31H27N9O. The van der Waals surface area contributed by atoms with Gasteiger partial charge in [-0.1, -0.05) is 0 Å². The SMILES string of the molecule is Cc1cc(Nc2cnc3nc(-c4ccc(Nc5ccnc6ccc(N7CC8(COC8)C7)cc56)nc4)[nH]c3c2)ccn1. The monoisotopic (exact) mass is 541 g/mol. The lowest BCUT2D eigenvalue weighted by Gasteiger charge is -2.56. The van der Waals surface area contributed by atoms with E-state index in [-0.39, 0.29) is 0 Å². The van der Waals surface area contributed by atoms with Crippen LogP contribution in [0.1, 0.15) is 5.69 Å². The Labute approximate surface area is 235 Å². The number of rotatable bonds is 6. The van der Waals surface area contributed by atoms with Gasteiger partial charge in [-0.25, -0.2) is 15.0 Å². The summed E-state index contributed by atoms with van der Waals surface area (Å²) in [6.45, 7) is 5.81. The average molecular weight is 542 g/mol. The van der Waals surface area contributed by atoms with Gasteiger partial charge in [0, 0.05) is 59.7 Å². The van der Waals surface area contributed by atoms with Crippen LogP contribution in [0, 0.1) is 12.3 Å². The van der Waals surface area contributed by atoms with Crippen LogP contribution in [0.2, 0.25) is 0 Å². The Morgan fingerprint density at radius 3 is 2.56 bits per heavy atom. The number of nitrogens with zero attached hydrogens (tertiary/aromatic N) is 6. The summed E-state index contributed by atoms with van der Waals surface area (Å²) in [4.78, 5) is 28.5. The number of ether oxygens (including phenoxy) is 1. The van der Waals surface area contributed by atoms with Gasteiger partial charge in [0.1, 0.15) is 11.6 Å². The third kappa shape index (κ3) is 4.38. The molecule has 0 unspecified atom stereocenters. The smallest absolute Gasteiger partial charge is 0.178 e. The molecule has 3 N–H and O–H groups in total. The molecule has 0 radical (unpaired) electrons. The highest BCUT2D eigenvalue weighted by Gasteiger charge is 2.49. The summed E-state index contributed by atoms with van der Waals surface area (Å²) in [6.07, 6.45) is 7.20. The number of anilines is 5. The minimum absolute atomic E-state index is 0.366. The molecule has 6 aromatic rings. The van der Waals surface area contributed by atoms with Crippen molar-refractivity contribution in [2.24, 2.45) is 5.41 Å². The molecule has 10 nitrogen and oxygen atoms in total. The lowest BCUT2D eigenvalue weighted by atomic mass is 9.78. The summed E-state index contributed by atoms with van der Waals surface area (Å²) in [6, 6.07) is 18.3. The fourth-order valence-electron chi connectivity index (χ4n) is 5.60. The van der Waals surface area contributed by atoms with Gasteiger partial charge < -0.3 is 25.3 Å². The van der Waals surface area contributed by atoms with Crippen molar-refractivity contribution in [1.82, 2.24) is 29.9 Å². The number of benzene rings is 1. The van der Waals surface area contributed by atoms with Crippen molar-refractivity contribution in [3.05, 3.63) is 85.1 Å². The van der Waals surface area contributed by atoms with Crippen LogP contribution < -0.4 is 15.5 Å². The molecule has 2 fully saturated rings. The van der Waals surface area contributed by atoms with Gasteiger partial charge in [0.15, 0.2) is 5.65 Å². The van der Waals surface area contributed by atoms with E-state index < -0.39 is 0 Å². The molecule has 2 aliphatic heterocycles. The fraction of sp³-hybridized carbons (Fsp3) is 0.194. The van der Waals surface area contributed by atoms with Crippen LogP contribution >= 0.6 is 0 Å². The Morgan fingerprint density at radius 2 is 1.76 bits per heavy atom. The first-order valence-electron chi connectivity index (χ1n) is 13.6. The van der Waals surface area contributed by atoms with Gasteiger partial charge in [0.05, 0.1) is 47.2 Å². The van der Waals surface area contributed by atoms with E-state index in [9.17, 15) is 0 Å². The minimum atomic E-state index is 0.366. The number of aromatic amines is 1. The van der Waals surface area contributed by atoms with E-state index >= 15 is 0 Å². The molecule has 0 amide bonds. The minimum Gasteiger partial charge on any atom is -0.380 e. The fourth-order valence-corrected chi connectivity index (χ4v) is 5.60. The highest BCUT2D eigenvalue weighted by atomic mass is 16.5. The highest BCUT2D eigenvalue weighted by molar-refractivity contribution is 5.95. The predicted molar refractivity (Wildman–Crippen MR) is 160 cm³/mol. The lowest BCUT2D eigenvalue weighted by Crippen LogP contribution is -2.66. The van der Waals surface area contributed by atoms with Gasteiger partial charge in [0.2, 0.25) is 0 Å². The molecule has 0 bridgehead atoms. The summed E-state index contributed by atoms with van der Waals surface area (Å²) in [5.41, 5.74) is 8.64. The van der Waals surface area contributed by atoms with Gasteiger partial charge in [-0.3, -0.25) is 9.97 Å². The second kappa shape index (κ2) is 9.24. The second-order valence-corrected chi connectivity index (χ2v) is 11.0. The van der Waals surface area contributed by atoms with Crippen molar-refractivity contribution in [2.45, 2.75) is 6.92 Å². The Bertz CT molecular complexity index is 1910. The van der Waals surface area contributed by atoms with Crippen LogP contribution in [0.5, 0.6) is 0 Å². The third-order valence-electron chi connectivity index (χ3n) is 7.78. The number of imidazole rings is 1. The van der Waals surface area contributed by atoms with E-state index in [0.29, 0.717) is 16.9 Å². The van der Waals surface area contributed by atoms with Crippen molar-refractivity contribution >= 4 is 50.6 Å². The summed E-state index contributed by atoms with van der Waals surface area (Å²) >= 11 is 0. The number of pyridine rings is 4. The van der Waals surface area contributed by atoms with Crippen molar-refractivity contribution in [3.8, 4) is 11.4 Å². The number of aromatic nitrogens is 6. The van der Waals surface area contributed by atoms with Crippen molar-refractivity contribution < 1.29 is 4.74 Å². The van der Waals surface area contributed by atoms with E-state index in [4.69, 9.17) is 4.74 Å². The van der Waals surface area contributed by atoms with Crippen molar-refractivity contribution in [3.63, 3.8) is 0 Å². The van der Waals surface area contributed by atoms with Gasteiger partial charge in [-0.15, -0.1) is 0 Å². The van der Waals surface area contributed by atoms with E-state index in [0.717, 1.165) is 76.9 Å². The maximum atomic E-state index is 5.43. The maximum Gasteiger partial charge on any atom is 0.178 e. The van der Waals surface area contributed by atoms with E-state index in [1.54, 1.807) is 12.4 Å². The van der Waals surface area contributed by atoms with Crippen LogP contribution in [-0.2, 0) is 4.74 Å². The molecule has 2 aliphatic rings. The quantitative estimate of drug-likeness (QED) is 0.248. The van der Waals surface area contributed by atoms with Crippen LogP contribution in [0.15, 0.2) is 79.4 Å². The molecule has 0 aliphatic carbocycles. The third-order valence-corrected chi connectivity index (χ3v) is 7.78. The number of nitrogens with one attached hydrogen (secondary N) is 3. The number of hydrogen-bond acceptors (Lipinski definition) is 9. The molecule has 0 saturated carbocycles. The molecule has 1 aromatic carbocycles. The molecule has 10 heteroatoms. The zero-order valence-electron chi connectivity index (χ0n) is 22.4. The van der Waals surface area contributed by atoms with Gasteiger partial charge in [-0.2, -0.15) is 0 Å². The Hall–Kier alpha value is -5.09. The second-order valence-electron chi connectivity index (χ2n) is 11.0. The first-order valence-corrected chi connectivity index (χ1v) is 13.6. The van der Waals surface area contributed by atoms with E-state index in [1.807, 2.05) is 55.7 Å². The van der Waals surface area contributed by atoms with Crippen LogP contribution in [-0.4, -0.2) is 56.2 Å². The number of fused-ring (bicyclic) bond motifs is 2. The topological polar surface area (TPSA) is 117 Å². The number of hydrogen-bond donors (Lipinski definition) is 3. The molecule has 2 saturated heterocycles. The van der Waals surface area contributed by atoms with Crippen LogP contribution in [0.4, 0.5) is 28.6 Å². The largest absolute Gasteiger partial charge is 0.380 e. The molecule has 8 rings (SSSR count). The molecule has 0 atom stereocenters. The summed E-state index contributed by atoms with van der Waals surface area (Å²) in [5, 5.41) is 7.92. The predicted octanol–water partition coefficient (Wildman–Crippen LogP) is 5.60. The Kier molecular flexibility index (Phi) is 5.36. The first kappa shape index (κ1) is 23.8. The van der Waals surface area contributed by atoms with E-state index in [1.165, 1.54) is 5.69 Å². The van der Waals surface area contributed by atoms with Crippen molar-refractivity contribution in [1.29, 1.82) is 0 Å². The van der Waals surface area contributed by atoms with Gasteiger partial charge in [-0.05, 0) is 61.5 Å². The van der Waals surface area contributed by atoms with Gasteiger partial charge in [0.25, 0.3) is 0 Å². The molecule has 202 valence electrons. The average Bonchev–Trinajstić information content (AvgIpc) is 3.36. The Balaban J connectivity index is 1.01. The normalized spacial score (nSPS) is 15.6. The molecule has 1 spiro atoms.